The van der Waals surface area contributed by atoms with Crippen LogP contribution in [0.5, 0.6) is 5.75 Å². The molecule has 1 fully saturated rings. The van der Waals surface area contributed by atoms with E-state index >= 15 is 0 Å². The molecule has 1 atom stereocenters. The van der Waals surface area contributed by atoms with E-state index in [1.54, 1.807) is 14.2 Å². The number of carbonyl (C=O) groups is 1. The minimum atomic E-state index is -0.155. The van der Waals surface area contributed by atoms with Gasteiger partial charge in [-0.25, -0.2) is 4.98 Å². The molecule has 0 spiro atoms. The maximum Gasteiger partial charge on any atom is 0.262 e. The number of hydrogen-bond acceptors (Lipinski definition) is 6. The van der Waals surface area contributed by atoms with Crippen LogP contribution < -0.4 is 15.6 Å². The monoisotopic (exact) mass is 440 g/mol. The van der Waals surface area contributed by atoms with Gasteiger partial charge in [-0.05, 0) is 56.1 Å². The van der Waals surface area contributed by atoms with Crippen molar-refractivity contribution in [2.45, 2.75) is 32.2 Å². The van der Waals surface area contributed by atoms with Crippen LogP contribution in [0.4, 0.5) is 0 Å². The molecule has 2 aromatic heterocycles. The third kappa shape index (κ3) is 4.36. The van der Waals surface area contributed by atoms with Crippen molar-refractivity contribution >= 4 is 27.5 Å². The highest BCUT2D eigenvalue weighted by Gasteiger charge is 2.25. The topological polar surface area (TPSA) is 76.5 Å². The molecule has 8 heteroatoms. The molecule has 31 heavy (non-hydrogen) atoms. The molecule has 1 aliphatic heterocycles. The molecule has 0 unspecified atom stereocenters. The molecular weight excluding hydrogens is 412 g/mol. The molecule has 4 rings (SSSR count). The Kier molecular flexibility index (Phi) is 6.38. The Hall–Kier alpha value is -2.71. The van der Waals surface area contributed by atoms with Gasteiger partial charge in [0.05, 0.1) is 29.7 Å². The normalized spacial score (nSPS) is 15.7. The summed E-state index contributed by atoms with van der Waals surface area (Å²) in [6.45, 7) is 4.37. The highest BCUT2D eigenvalue weighted by atomic mass is 32.1. The van der Waals surface area contributed by atoms with E-state index in [4.69, 9.17) is 4.74 Å². The maximum absolute atomic E-state index is 13.1. The number of fused-ring (bicyclic) bond motifs is 1. The summed E-state index contributed by atoms with van der Waals surface area (Å²) in [5.74, 6) is 0.665. The number of aromatic nitrogens is 2. The Balaban J connectivity index is 1.57. The van der Waals surface area contributed by atoms with Crippen molar-refractivity contribution in [3.8, 4) is 5.75 Å². The molecule has 3 aromatic rings. The number of rotatable bonds is 6. The van der Waals surface area contributed by atoms with Crippen molar-refractivity contribution in [3.63, 3.8) is 0 Å². The Morgan fingerprint density at radius 3 is 2.61 bits per heavy atom. The number of ether oxygens (including phenoxy) is 1. The summed E-state index contributed by atoms with van der Waals surface area (Å²) in [5.41, 5.74) is 1.74. The van der Waals surface area contributed by atoms with Gasteiger partial charge in [-0.3, -0.25) is 14.5 Å². The van der Waals surface area contributed by atoms with Crippen molar-refractivity contribution < 1.29 is 9.53 Å². The Bertz CT molecular complexity index is 1130. The molecule has 0 radical (unpaired) electrons. The molecular formula is C23H28N4O3S. The Morgan fingerprint density at radius 2 is 1.94 bits per heavy atom. The zero-order chi connectivity index (χ0) is 22.0. The predicted molar refractivity (Wildman–Crippen MR) is 123 cm³/mol. The van der Waals surface area contributed by atoms with E-state index in [1.807, 2.05) is 19.1 Å². The van der Waals surface area contributed by atoms with Crippen LogP contribution in [-0.2, 0) is 7.05 Å². The zero-order valence-corrected chi connectivity index (χ0v) is 19.0. The molecule has 0 aliphatic carbocycles. The highest BCUT2D eigenvalue weighted by molar-refractivity contribution is 7.20. The second-order valence-corrected chi connectivity index (χ2v) is 8.99. The summed E-state index contributed by atoms with van der Waals surface area (Å²) in [6, 6.07) is 8.17. The van der Waals surface area contributed by atoms with E-state index in [2.05, 4.69) is 27.3 Å². The average Bonchev–Trinajstić information content (AvgIpc) is 3.14. The third-order valence-corrected chi connectivity index (χ3v) is 7.20. The first-order valence-corrected chi connectivity index (χ1v) is 11.4. The average molecular weight is 441 g/mol. The van der Waals surface area contributed by atoms with Crippen LogP contribution in [0.3, 0.4) is 0 Å². The first-order valence-electron chi connectivity index (χ1n) is 10.6. The van der Waals surface area contributed by atoms with Crippen molar-refractivity contribution in [1.82, 2.24) is 19.8 Å². The van der Waals surface area contributed by atoms with Gasteiger partial charge >= 0.3 is 0 Å². The van der Waals surface area contributed by atoms with E-state index in [-0.39, 0.29) is 17.5 Å². The van der Waals surface area contributed by atoms with E-state index in [9.17, 15) is 9.59 Å². The largest absolute Gasteiger partial charge is 0.497 e. The highest BCUT2D eigenvalue weighted by Crippen LogP contribution is 2.28. The standard InChI is InChI=1S/C23H28N4O3S/c1-15-19-22(25-14-26(2)23(19)29)31-20(15)21(28)24-13-18(27-11-5-4-6-12-27)16-7-9-17(30-3)10-8-16/h7-10,14,18H,4-6,11-13H2,1-3H3,(H,24,28)/t18-/m1/s1. The van der Waals surface area contributed by atoms with Crippen LogP contribution in [0.1, 0.15) is 46.1 Å². The fourth-order valence-corrected chi connectivity index (χ4v) is 5.26. The lowest BCUT2D eigenvalue weighted by molar-refractivity contribution is 0.0928. The van der Waals surface area contributed by atoms with Crippen LogP contribution in [0, 0.1) is 6.92 Å². The number of hydrogen-bond donors (Lipinski definition) is 1. The van der Waals surface area contributed by atoms with E-state index in [1.165, 1.54) is 41.5 Å². The number of amides is 1. The van der Waals surface area contributed by atoms with Gasteiger partial charge < -0.3 is 14.6 Å². The van der Waals surface area contributed by atoms with Gasteiger partial charge in [0.1, 0.15) is 10.6 Å². The minimum Gasteiger partial charge on any atom is -0.497 e. The number of benzene rings is 1. The van der Waals surface area contributed by atoms with Crippen LogP contribution in [0.15, 0.2) is 35.4 Å². The van der Waals surface area contributed by atoms with Gasteiger partial charge in [0.15, 0.2) is 0 Å². The summed E-state index contributed by atoms with van der Waals surface area (Å²) in [7, 11) is 3.33. The molecule has 1 saturated heterocycles. The van der Waals surface area contributed by atoms with Gasteiger partial charge in [-0.15, -0.1) is 11.3 Å². The summed E-state index contributed by atoms with van der Waals surface area (Å²) in [6.07, 6.45) is 5.09. The number of nitrogens with zero attached hydrogens (tertiary/aromatic N) is 3. The third-order valence-electron chi connectivity index (χ3n) is 6.00. The van der Waals surface area contributed by atoms with E-state index in [0.717, 1.165) is 24.4 Å². The first kappa shape index (κ1) is 21.5. The lowest BCUT2D eigenvalue weighted by Crippen LogP contribution is -2.40. The van der Waals surface area contributed by atoms with E-state index < -0.39 is 0 Å². The molecule has 0 saturated carbocycles. The number of piperidine rings is 1. The number of methoxy groups -OCH3 is 1. The summed E-state index contributed by atoms with van der Waals surface area (Å²) < 4.78 is 6.74. The molecule has 164 valence electrons. The molecule has 3 heterocycles. The number of carbonyl (C=O) groups excluding carboxylic acids is 1. The zero-order valence-electron chi connectivity index (χ0n) is 18.2. The second kappa shape index (κ2) is 9.20. The molecule has 1 N–H and O–H groups in total. The fraction of sp³-hybridized carbons (Fsp3) is 0.435. The fourth-order valence-electron chi connectivity index (χ4n) is 4.21. The van der Waals surface area contributed by atoms with Crippen LogP contribution >= 0.6 is 11.3 Å². The lowest BCUT2D eigenvalue weighted by atomic mass is 10.0. The van der Waals surface area contributed by atoms with Gasteiger partial charge in [-0.1, -0.05) is 18.6 Å². The quantitative estimate of drug-likeness (QED) is 0.637. The number of thiophene rings is 1. The smallest absolute Gasteiger partial charge is 0.262 e. The van der Waals surface area contributed by atoms with Crippen molar-refractivity contribution in [2.75, 3.05) is 26.7 Å². The van der Waals surface area contributed by atoms with Crippen LogP contribution in [0.25, 0.3) is 10.2 Å². The summed E-state index contributed by atoms with van der Waals surface area (Å²) >= 11 is 1.28. The molecule has 7 nitrogen and oxygen atoms in total. The second-order valence-electron chi connectivity index (χ2n) is 7.99. The Morgan fingerprint density at radius 1 is 1.23 bits per heavy atom. The van der Waals surface area contributed by atoms with Crippen LogP contribution in [0.2, 0.25) is 0 Å². The van der Waals surface area contributed by atoms with Crippen molar-refractivity contribution in [2.24, 2.45) is 7.05 Å². The molecule has 1 aromatic carbocycles. The summed E-state index contributed by atoms with van der Waals surface area (Å²) in [5, 5.41) is 3.65. The predicted octanol–water partition coefficient (Wildman–Crippen LogP) is 3.27. The van der Waals surface area contributed by atoms with Gasteiger partial charge in [-0.2, -0.15) is 0 Å². The van der Waals surface area contributed by atoms with Crippen LogP contribution in [-0.4, -0.2) is 47.1 Å². The van der Waals surface area contributed by atoms with Gasteiger partial charge in [0, 0.05) is 13.6 Å². The number of likely N-dealkylation sites (tertiary alicyclic amines) is 1. The lowest BCUT2D eigenvalue weighted by Gasteiger charge is -2.35. The maximum atomic E-state index is 13.1. The van der Waals surface area contributed by atoms with Gasteiger partial charge in [0.25, 0.3) is 11.5 Å². The number of aryl methyl sites for hydroxylation is 2. The van der Waals surface area contributed by atoms with Crippen molar-refractivity contribution in [1.29, 1.82) is 0 Å². The van der Waals surface area contributed by atoms with Gasteiger partial charge in [0.2, 0.25) is 0 Å². The van der Waals surface area contributed by atoms with E-state index in [0.29, 0.717) is 27.2 Å². The SMILES string of the molecule is COc1ccc([C@@H](CNC(=O)c2sc3ncn(C)c(=O)c3c2C)N2CCCCC2)cc1. The number of nitrogens with one attached hydrogen (secondary N) is 1. The minimum absolute atomic E-state index is 0.0934. The molecule has 1 aliphatic rings. The molecule has 0 bridgehead atoms. The summed E-state index contributed by atoms with van der Waals surface area (Å²) in [4.78, 5) is 33.5. The molecule has 1 amide bonds. The van der Waals surface area contributed by atoms with Crippen molar-refractivity contribution in [3.05, 3.63) is 57.0 Å². The Labute approximate surface area is 185 Å². The first-order chi connectivity index (χ1) is 15.0.